The monoisotopic (exact) mass is 510 g/mol. The van der Waals surface area contributed by atoms with Crippen LogP contribution in [0.1, 0.15) is 75.5 Å². The molecular weight excluding hydrogens is 480 g/mol. The maximum atomic E-state index is 12.9. The number of hydrogen-bond donors (Lipinski definition) is 0. The Morgan fingerprint density at radius 3 is 2.50 bits per heavy atom. The first kappa shape index (κ1) is 24.8. The van der Waals surface area contributed by atoms with Crippen molar-refractivity contribution in [3.8, 4) is 5.75 Å². The summed E-state index contributed by atoms with van der Waals surface area (Å²) in [5, 5.41) is 0.484. The third-order valence-electron chi connectivity index (χ3n) is 7.41. The molecule has 0 radical (unpaired) electrons. The van der Waals surface area contributed by atoms with Gasteiger partial charge in [-0.3, -0.25) is 14.6 Å². The number of ether oxygens (including phenoxy) is 3. The van der Waals surface area contributed by atoms with E-state index in [1.54, 1.807) is 12.1 Å². The molecule has 1 saturated carbocycles. The van der Waals surface area contributed by atoms with Gasteiger partial charge >= 0.3 is 5.97 Å². The van der Waals surface area contributed by atoms with Crippen molar-refractivity contribution in [2.75, 3.05) is 6.61 Å². The fraction of sp³-hybridized carbons (Fsp3) is 0.500. The fourth-order valence-corrected chi connectivity index (χ4v) is 5.74. The number of ketones is 1. The molecule has 1 atom stereocenters. The van der Waals surface area contributed by atoms with Gasteiger partial charge in [0.15, 0.2) is 11.7 Å². The van der Waals surface area contributed by atoms with Crippen molar-refractivity contribution in [2.24, 2.45) is 10.4 Å². The molecule has 3 heterocycles. The summed E-state index contributed by atoms with van der Waals surface area (Å²) in [6.07, 6.45) is 3.50. The van der Waals surface area contributed by atoms with Gasteiger partial charge in [-0.25, -0.2) is 4.99 Å². The van der Waals surface area contributed by atoms with E-state index in [1.807, 2.05) is 39.0 Å². The lowest BCUT2D eigenvalue weighted by Gasteiger charge is -2.49. The number of benzene rings is 1. The minimum absolute atomic E-state index is 0.0217. The number of esters is 1. The highest BCUT2D eigenvalue weighted by atomic mass is 35.5. The van der Waals surface area contributed by atoms with Gasteiger partial charge in [-0.15, -0.1) is 0 Å². The zero-order valence-electron chi connectivity index (χ0n) is 21.3. The van der Waals surface area contributed by atoms with Gasteiger partial charge in [0.2, 0.25) is 0 Å². The second-order valence-electron chi connectivity index (χ2n) is 11.4. The van der Waals surface area contributed by atoms with E-state index in [4.69, 9.17) is 30.8 Å². The van der Waals surface area contributed by atoms with Gasteiger partial charge < -0.3 is 14.2 Å². The molecule has 1 aliphatic carbocycles. The lowest BCUT2D eigenvalue weighted by Crippen LogP contribution is -2.55. The molecule has 3 aliphatic rings. The molecule has 36 heavy (non-hydrogen) atoms. The molecule has 0 saturated heterocycles. The highest BCUT2D eigenvalue weighted by molar-refractivity contribution is 6.30. The number of halogens is 1. The first-order valence-electron chi connectivity index (χ1n) is 12.2. The first-order valence-corrected chi connectivity index (χ1v) is 12.6. The third-order valence-corrected chi connectivity index (χ3v) is 7.63. The minimum Gasteiger partial charge on any atom is -0.487 e. The molecular formula is C28H31ClN2O5. The van der Waals surface area contributed by atoms with Crippen molar-refractivity contribution in [3.63, 3.8) is 0 Å². The third kappa shape index (κ3) is 4.17. The zero-order valence-corrected chi connectivity index (χ0v) is 22.1. The molecule has 0 N–H and O–H groups in total. The van der Waals surface area contributed by atoms with Crippen molar-refractivity contribution in [1.29, 1.82) is 0 Å². The molecule has 5 rings (SSSR count). The van der Waals surface area contributed by atoms with Gasteiger partial charge in [0.1, 0.15) is 41.2 Å². The van der Waals surface area contributed by atoms with E-state index in [-0.39, 0.29) is 30.0 Å². The highest BCUT2D eigenvalue weighted by Gasteiger charge is 2.73. The van der Waals surface area contributed by atoms with E-state index in [1.165, 1.54) is 6.20 Å². The summed E-state index contributed by atoms with van der Waals surface area (Å²) in [6.45, 7) is 10.0. The highest BCUT2D eigenvalue weighted by Crippen LogP contribution is 2.71. The van der Waals surface area contributed by atoms with Crippen LogP contribution >= 0.6 is 11.6 Å². The van der Waals surface area contributed by atoms with Crippen LogP contribution in [0.15, 0.2) is 41.5 Å². The van der Waals surface area contributed by atoms with E-state index >= 15 is 0 Å². The van der Waals surface area contributed by atoms with Crippen LogP contribution in [0.3, 0.4) is 0 Å². The topological polar surface area (TPSA) is 87.1 Å². The second kappa shape index (κ2) is 8.30. The molecule has 2 aromatic rings. The summed E-state index contributed by atoms with van der Waals surface area (Å²) in [5.41, 5.74) is 0.0857. The van der Waals surface area contributed by atoms with E-state index in [2.05, 4.69) is 18.8 Å². The number of aromatic nitrogens is 1. The molecule has 2 aliphatic heterocycles. The zero-order chi connectivity index (χ0) is 25.9. The Bertz CT molecular complexity index is 1260. The van der Waals surface area contributed by atoms with Gasteiger partial charge in [0, 0.05) is 23.6 Å². The average Bonchev–Trinajstić information content (AvgIpc) is 3.50. The van der Waals surface area contributed by atoms with Crippen LogP contribution < -0.4 is 4.74 Å². The smallest absolute Gasteiger partial charge is 0.315 e. The molecule has 2 spiro atoms. The van der Waals surface area contributed by atoms with E-state index in [9.17, 15) is 9.59 Å². The van der Waals surface area contributed by atoms with Crippen molar-refractivity contribution in [2.45, 2.75) is 77.0 Å². The van der Waals surface area contributed by atoms with Crippen LogP contribution in [0, 0.1) is 5.41 Å². The number of Topliss-reactive ketones (excluding diaryl/α,β-unsaturated/α-hetero) is 1. The second-order valence-corrected chi connectivity index (χ2v) is 11.8. The predicted octanol–water partition coefficient (Wildman–Crippen LogP) is 5.47. The molecule has 1 aromatic heterocycles. The van der Waals surface area contributed by atoms with Crippen molar-refractivity contribution < 1.29 is 23.8 Å². The molecule has 0 amide bonds. The fourth-order valence-electron chi connectivity index (χ4n) is 5.62. The number of aliphatic imine (C=N–C) groups is 1. The Balaban J connectivity index is 1.50. The van der Waals surface area contributed by atoms with Crippen LogP contribution in [0.4, 0.5) is 0 Å². The molecule has 190 valence electrons. The van der Waals surface area contributed by atoms with E-state index < -0.39 is 16.7 Å². The quantitative estimate of drug-likeness (QED) is 0.391. The van der Waals surface area contributed by atoms with Crippen LogP contribution in [-0.4, -0.2) is 40.4 Å². The number of carbonyl (C=O) groups is 2. The number of hydrogen-bond acceptors (Lipinski definition) is 7. The normalized spacial score (nSPS) is 22.9. The summed E-state index contributed by atoms with van der Waals surface area (Å²) < 4.78 is 18.0. The van der Waals surface area contributed by atoms with Crippen LogP contribution in [0.2, 0.25) is 5.02 Å². The Hall–Kier alpha value is -2.93. The van der Waals surface area contributed by atoms with E-state index in [0.29, 0.717) is 23.2 Å². The van der Waals surface area contributed by atoms with Gasteiger partial charge in [0.05, 0.1) is 5.02 Å². The Labute approximate surface area is 216 Å². The SMILES string of the molecule is CC(C)(C)OC(=O)CC1=N[C@@]2(CO1)c1cc(CC(=O)c3ccc(Cl)cn3)ccc1OC(C)(C)C21CC1. The Kier molecular flexibility index (Phi) is 5.71. The van der Waals surface area contributed by atoms with Crippen LogP contribution in [0.25, 0.3) is 0 Å². The largest absolute Gasteiger partial charge is 0.487 e. The minimum atomic E-state index is -0.695. The standard InChI is InChI=1S/C28H31ClN2O5/c1-25(2,3)36-24(33)14-23-31-28(16-34-23)19-12-17(13-21(32)20-8-7-18(29)15-30-20)6-9-22(19)35-26(4,5)27(28)10-11-27/h6-9,12,15H,10-11,13-14,16H2,1-5H3/t28-/m0/s1. The van der Waals surface area contributed by atoms with Gasteiger partial charge in [-0.1, -0.05) is 17.7 Å². The molecule has 0 bridgehead atoms. The van der Waals surface area contributed by atoms with Gasteiger partial charge in [-0.05, 0) is 77.3 Å². The predicted molar refractivity (Wildman–Crippen MR) is 136 cm³/mol. The molecule has 1 aromatic carbocycles. The van der Waals surface area contributed by atoms with Crippen molar-refractivity contribution >= 4 is 29.3 Å². The lowest BCUT2D eigenvalue weighted by molar-refractivity contribution is -0.153. The molecule has 8 heteroatoms. The summed E-state index contributed by atoms with van der Waals surface area (Å²) in [4.78, 5) is 34.7. The van der Waals surface area contributed by atoms with Crippen LogP contribution in [-0.2, 0) is 26.2 Å². The maximum absolute atomic E-state index is 12.9. The van der Waals surface area contributed by atoms with Gasteiger partial charge in [-0.2, -0.15) is 0 Å². The number of pyridine rings is 1. The Morgan fingerprint density at radius 1 is 1.11 bits per heavy atom. The van der Waals surface area contributed by atoms with Crippen molar-refractivity contribution in [1.82, 2.24) is 4.98 Å². The number of rotatable bonds is 5. The summed E-state index contributed by atoms with van der Waals surface area (Å²) >= 11 is 5.91. The summed E-state index contributed by atoms with van der Waals surface area (Å²) in [7, 11) is 0. The molecule has 7 nitrogen and oxygen atoms in total. The molecule has 1 fully saturated rings. The number of nitrogens with zero attached hydrogens (tertiary/aromatic N) is 2. The van der Waals surface area contributed by atoms with E-state index in [0.717, 1.165) is 29.7 Å². The average molecular weight is 511 g/mol. The van der Waals surface area contributed by atoms with Gasteiger partial charge in [0.25, 0.3) is 0 Å². The maximum Gasteiger partial charge on any atom is 0.315 e. The van der Waals surface area contributed by atoms with Crippen molar-refractivity contribution in [3.05, 3.63) is 58.4 Å². The van der Waals surface area contributed by atoms with Crippen LogP contribution in [0.5, 0.6) is 5.75 Å². The number of fused-ring (bicyclic) bond motifs is 3. The number of carbonyl (C=O) groups excluding carboxylic acids is 2. The molecule has 0 unspecified atom stereocenters. The lowest BCUT2D eigenvalue weighted by atomic mass is 9.65. The summed E-state index contributed by atoms with van der Waals surface area (Å²) in [6, 6.07) is 9.11. The first-order chi connectivity index (χ1) is 16.8. The Morgan fingerprint density at radius 2 is 1.86 bits per heavy atom. The summed E-state index contributed by atoms with van der Waals surface area (Å²) in [5.74, 6) is 0.635.